The van der Waals surface area contributed by atoms with Crippen LogP contribution in [0.25, 0.3) is 22.6 Å². The van der Waals surface area contributed by atoms with Crippen molar-refractivity contribution in [3.8, 4) is 17.2 Å². The fourth-order valence-electron chi connectivity index (χ4n) is 4.07. The van der Waals surface area contributed by atoms with Gasteiger partial charge in [-0.25, -0.2) is 4.98 Å². The average molecular weight is 412 g/mol. The average Bonchev–Trinajstić information content (AvgIpc) is 3.27. The molecule has 0 amide bonds. The van der Waals surface area contributed by atoms with Gasteiger partial charge in [0.05, 0.1) is 12.6 Å². The van der Waals surface area contributed by atoms with E-state index >= 15 is 0 Å². The lowest BCUT2D eigenvalue weighted by molar-refractivity contribution is 0.306. The molecule has 5 nitrogen and oxygen atoms in total. The minimum Gasteiger partial charge on any atom is -0.489 e. The molecule has 0 saturated carbocycles. The van der Waals surface area contributed by atoms with Crippen LogP contribution in [0.2, 0.25) is 0 Å². The van der Waals surface area contributed by atoms with Gasteiger partial charge in [-0.15, -0.1) is 0 Å². The van der Waals surface area contributed by atoms with Crippen molar-refractivity contribution in [3.05, 3.63) is 83.9 Å². The SMILES string of the molecule is CCC1CCN=NC1c1ccc2nc(-c3ccc(OCc4ccccc4)cc3)oc2c1. The number of azo groups is 1. The Hall–Kier alpha value is -3.47. The maximum absolute atomic E-state index is 6.10. The Labute approximate surface area is 181 Å². The molecule has 4 aromatic rings. The zero-order chi connectivity index (χ0) is 21.0. The molecule has 3 aromatic carbocycles. The van der Waals surface area contributed by atoms with Crippen molar-refractivity contribution in [2.75, 3.05) is 6.54 Å². The molecule has 2 atom stereocenters. The molecule has 5 heteroatoms. The topological polar surface area (TPSA) is 60.0 Å². The van der Waals surface area contributed by atoms with Crippen LogP contribution in [-0.4, -0.2) is 11.5 Å². The summed E-state index contributed by atoms with van der Waals surface area (Å²) in [7, 11) is 0. The van der Waals surface area contributed by atoms with Gasteiger partial charge in [0.2, 0.25) is 5.89 Å². The first-order valence-electron chi connectivity index (χ1n) is 10.8. The number of rotatable bonds is 6. The third kappa shape index (κ3) is 4.22. The molecule has 5 rings (SSSR count). The van der Waals surface area contributed by atoms with Crippen molar-refractivity contribution < 1.29 is 9.15 Å². The Morgan fingerprint density at radius 1 is 1.00 bits per heavy atom. The number of fused-ring (bicyclic) bond motifs is 1. The number of benzene rings is 3. The van der Waals surface area contributed by atoms with E-state index in [1.165, 1.54) is 0 Å². The van der Waals surface area contributed by atoms with Crippen molar-refractivity contribution in [3.63, 3.8) is 0 Å². The highest BCUT2D eigenvalue weighted by atomic mass is 16.5. The number of aromatic nitrogens is 1. The van der Waals surface area contributed by atoms with Gasteiger partial charge in [0.15, 0.2) is 5.58 Å². The monoisotopic (exact) mass is 411 g/mol. The second-order valence-corrected chi connectivity index (χ2v) is 7.93. The van der Waals surface area contributed by atoms with Crippen LogP contribution in [-0.2, 0) is 6.61 Å². The summed E-state index contributed by atoms with van der Waals surface area (Å²) < 4.78 is 12.0. The Kier molecular flexibility index (Phi) is 5.48. The molecule has 0 fully saturated rings. The van der Waals surface area contributed by atoms with Gasteiger partial charge < -0.3 is 9.15 Å². The zero-order valence-corrected chi connectivity index (χ0v) is 17.6. The summed E-state index contributed by atoms with van der Waals surface area (Å²) in [5, 5.41) is 8.80. The number of oxazole rings is 1. The first-order valence-corrected chi connectivity index (χ1v) is 10.8. The molecule has 0 saturated heterocycles. The molecule has 31 heavy (non-hydrogen) atoms. The zero-order valence-electron chi connectivity index (χ0n) is 17.6. The molecular weight excluding hydrogens is 386 g/mol. The molecule has 0 aliphatic carbocycles. The van der Waals surface area contributed by atoms with Crippen molar-refractivity contribution in [1.82, 2.24) is 4.98 Å². The van der Waals surface area contributed by atoms with Crippen LogP contribution in [0.5, 0.6) is 5.75 Å². The largest absolute Gasteiger partial charge is 0.489 e. The minimum atomic E-state index is 0.109. The third-order valence-corrected chi connectivity index (χ3v) is 5.88. The third-order valence-electron chi connectivity index (χ3n) is 5.88. The number of nitrogens with zero attached hydrogens (tertiary/aromatic N) is 3. The second kappa shape index (κ2) is 8.72. The normalized spacial score (nSPS) is 18.4. The van der Waals surface area contributed by atoms with Gasteiger partial charge in [0.1, 0.15) is 17.9 Å². The summed E-state index contributed by atoms with van der Waals surface area (Å²) in [6, 6.07) is 24.3. The highest BCUT2D eigenvalue weighted by Crippen LogP contribution is 2.36. The standard InChI is InChI=1S/C26H25N3O2/c1-2-19-14-15-27-29-25(19)21-10-13-23-24(16-21)31-26(28-23)20-8-11-22(12-9-20)30-17-18-6-4-3-5-7-18/h3-13,16,19,25H,2,14-15,17H2,1H3. The Morgan fingerprint density at radius 3 is 2.65 bits per heavy atom. The maximum atomic E-state index is 6.10. The molecule has 0 spiro atoms. The first kappa shape index (κ1) is 19.5. The van der Waals surface area contributed by atoms with E-state index in [1.807, 2.05) is 48.5 Å². The highest BCUT2D eigenvalue weighted by molar-refractivity contribution is 5.77. The predicted octanol–water partition coefficient (Wildman–Crippen LogP) is 7.00. The van der Waals surface area contributed by atoms with Crippen LogP contribution >= 0.6 is 0 Å². The molecule has 2 heterocycles. The maximum Gasteiger partial charge on any atom is 0.227 e. The lowest BCUT2D eigenvalue weighted by Gasteiger charge is -2.24. The van der Waals surface area contributed by atoms with E-state index in [2.05, 4.69) is 46.4 Å². The summed E-state index contributed by atoms with van der Waals surface area (Å²) in [6.07, 6.45) is 2.19. The fourth-order valence-corrected chi connectivity index (χ4v) is 4.07. The van der Waals surface area contributed by atoms with E-state index < -0.39 is 0 Å². The van der Waals surface area contributed by atoms with Crippen molar-refractivity contribution in [1.29, 1.82) is 0 Å². The van der Waals surface area contributed by atoms with Crippen LogP contribution in [0.15, 0.2) is 87.4 Å². The summed E-state index contributed by atoms with van der Waals surface area (Å²) >= 11 is 0. The summed E-state index contributed by atoms with van der Waals surface area (Å²) in [5.41, 5.74) is 4.85. The Bertz CT molecular complexity index is 1180. The Morgan fingerprint density at radius 2 is 1.84 bits per heavy atom. The molecule has 1 aromatic heterocycles. The van der Waals surface area contributed by atoms with E-state index in [0.29, 0.717) is 18.4 Å². The van der Waals surface area contributed by atoms with Crippen molar-refractivity contribution >= 4 is 11.1 Å². The molecule has 1 aliphatic heterocycles. The number of hydrogen-bond acceptors (Lipinski definition) is 5. The van der Waals surface area contributed by atoms with Gasteiger partial charge in [-0.05, 0) is 59.9 Å². The van der Waals surface area contributed by atoms with E-state index in [1.54, 1.807) is 0 Å². The van der Waals surface area contributed by atoms with Crippen molar-refractivity contribution in [2.45, 2.75) is 32.4 Å². The molecule has 156 valence electrons. The lowest BCUT2D eigenvalue weighted by atomic mass is 9.88. The molecule has 1 aliphatic rings. The second-order valence-electron chi connectivity index (χ2n) is 7.93. The van der Waals surface area contributed by atoms with Gasteiger partial charge in [-0.1, -0.05) is 49.7 Å². The van der Waals surface area contributed by atoms with Crippen molar-refractivity contribution in [2.24, 2.45) is 16.1 Å². The lowest BCUT2D eigenvalue weighted by Crippen LogP contribution is -2.15. The van der Waals surface area contributed by atoms with E-state index in [9.17, 15) is 0 Å². The van der Waals surface area contributed by atoms with Gasteiger partial charge in [0.25, 0.3) is 0 Å². The summed E-state index contributed by atoms with van der Waals surface area (Å²) in [4.78, 5) is 4.67. The number of hydrogen-bond donors (Lipinski definition) is 0. The van der Waals surface area contributed by atoms with Crippen LogP contribution in [0, 0.1) is 5.92 Å². The van der Waals surface area contributed by atoms with Gasteiger partial charge in [-0.2, -0.15) is 10.2 Å². The van der Waals surface area contributed by atoms with E-state index in [0.717, 1.165) is 52.9 Å². The molecular formula is C26H25N3O2. The van der Waals surface area contributed by atoms with Gasteiger partial charge in [-0.3, -0.25) is 0 Å². The summed E-state index contributed by atoms with van der Waals surface area (Å²) in [6.45, 7) is 3.59. The minimum absolute atomic E-state index is 0.109. The van der Waals surface area contributed by atoms with Crippen LogP contribution < -0.4 is 4.74 Å². The van der Waals surface area contributed by atoms with Crippen LogP contribution in [0.4, 0.5) is 0 Å². The van der Waals surface area contributed by atoms with Gasteiger partial charge >= 0.3 is 0 Å². The predicted molar refractivity (Wildman–Crippen MR) is 121 cm³/mol. The summed E-state index contributed by atoms with van der Waals surface area (Å²) in [5.74, 6) is 1.96. The van der Waals surface area contributed by atoms with Crippen LogP contribution in [0.1, 0.15) is 36.9 Å². The molecule has 0 radical (unpaired) electrons. The smallest absolute Gasteiger partial charge is 0.227 e. The molecule has 0 bridgehead atoms. The Balaban J connectivity index is 1.34. The molecule has 2 unspecified atom stereocenters. The molecule has 0 N–H and O–H groups in total. The fraction of sp³-hybridized carbons (Fsp3) is 0.269. The van der Waals surface area contributed by atoms with Crippen LogP contribution in [0.3, 0.4) is 0 Å². The van der Waals surface area contributed by atoms with E-state index in [4.69, 9.17) is 9.15 Å². The van der Waals surface area contributed by atoms with E-state index in [-0.39, 0.29) is 6.04 Å². The quantitative estimate of drug-likeness (QED) is 0.343. The first-order chi connectivity index (χ1) is 15.3. The number of ether oxygens (including phenoxy) is 1. The van der Waals surface area contributed by atoms with Gasteiger partial charge in [0, 0.05) is 5.56 Å². The highest BCUT2D eigenvalue weighted by Gasteiger charge is 2.25.